The largest absolute Gasteiger partial charge is 0.338 e. The van der Waals surface area contributed by atoms with Crippen LogP contribution in [-0.2, 0) is 5.75 Å². The van der Waals surface area contributed by atoms with Crippen LogP contribution in [-0.4, -0.2) is 15.9 Å². The van der Waals surface area contributed by atoms with Gasteiger partial charge in [-0.3, -0.25) is 0 Å². The van der Waals surface area contributed by atoms with Crippen molar-refractivity contribution in [2.45, 2.75) is 12.7 Å². The molecule has 1 aromatic heterocycles. The molecule has 0 aliphatic carbocycles. The minimum atomic E-state index is 0.424. The van der Waals surface area contributed by atoms with Gasteiger partial charge in [-0.25, -0.2) is 0 Å². The van der Waals surface area contributed by atoms with Gasteiger partial charge >= 0.3 is 0 Å². The van der Waals surface area contributed by atoms with Gasteiger partial charge in [0, 0.05) is 10.0 Å². The number of thioether (sulfide) groups is 1. The zero-order valence-corrected chi connectivity index (χ0v) is 12.1. The molecule has 2 rings (SSSR count). The molecule has 0 amide bonds. The first-order valence-corrected chi connectivity index (χ1v) is 7.19. The van der Waals surface area contributed by atoms with E-state index in [9.17, 15) is 0 Å². The molecule has 18 heavy (non-hydrogen) atoms. The van der Waals surface area contributed by atoms with Crippen molar-refractivity contribution >= 4 is 27.7 Å². The minimum absolute atomic E-state index is 0.424. The molecule has 92 valence electrons. The molecule has 1 aromatic carbocycles. The van der Waals surface area contributed by atoms with Crippen LogP contribution in [0.3, 0.4) is 0 Å². The summed E-state index contributed by atoms with van der Waals surface area (Å²) < 4.78 is 6.15. The van der Waals surface area contributed by atoms with Crippen LogP contribution in [0.25, 0.3) is 11.4 Å². The molecule has 0 unspecified atom stereocenters. The molecule has 0 bridgehead atoms. The number of hydrogen-bond acceptors (Lipinski definition) is 5. The summed E-state index contributed by atoms with van der Waals surface area (Å²) in [7, 11) is 0. The van der Waals surface area contributed by atoms with E-state index in [0.29, 0.717) is 23.2 Å². The third-order valence-corrected chi connectivity index (χ3v) is 3.93. The van der Waals surface area contributed by atoms with Crippen molar-refractivity contribution in [3.8, 4) is 17.5 Å². The van der Waals surface area contributed by atoms with E-state index in [-0.39, 0.29) is 0 Å². The van der Waals surface area contributed by atoms with Crippen LogP contribution in [0.1, 0.15) is 11.5 Å². The Labute approximate surface area is 118 Å². The van der Waals surface area contributed by atoms with Gasteiger partial charge in [0.05, 0.1) is 17.6 Å². The predicted molar refractivity (Wildman–Crippen MR) is 73.9 cm³/mol. The number of rotatable bonds is 4. The third-order valence-electron chi connectivity index (χ3n) is 2.29. The summed E-state index contributed by atoms with van der Waals surface area (Å²) in [6.45, 7) is 2.02. The molecule has 0 atom stereocenters. The Balaban J connectivity index is 2.14. The quantitative estimate of drug-likeness (QED) is 0.805. The smallest absolute Gasteiger partial charge is 0.236 e. The highest BCUT2D eigenvalue weighted by molar-refractivity contribution is 9.10. The molecule has 0 aliphatic rings. The second-order valence-electron chi connectivity index (χ2n) is 3.63. The maximum atomic E-state index is 8.44. The summed E-state index contributed by atoms with van der Waals surface area (Å²) in [5, 5.41) is 12.4. The molecule has 1 heterocycles. The fourth-order valence-corrected chi connectivity index (χ4v) is 2.21. The van der Waals surface area contributed by atoms with E-state index in [1.165, 1.54) is 11.8 Å². The lowest BCUT2D eigenvalue weighted by atomic mass is 10.1. The number of nitriles is 1. The van der Waals surface area contributed by atoms with Crippen molar-refractivity contribution in [3.05, 3.63) is 34.1 Å². The minimum Gasteiger partial charge on any atom is -0.338 e. The van der Waals surface area contributed by atoms with Crippen LogP contribution in [0.4, 0.5) is 0 Å². The number of aromatic nitrogens is 2. The van der Waals surface area contributed by atoms with Crippen molar-refractivity contribution in [1.82, 2.24) is 10.1 Å². The van der Waals surface area contributed by atoms with Crippen molar-refractivity contribution in [3.63, 3.8) is 0 Å². The van der Waals surface area contributed by atoms with Crippen molar-refractivity contribution < 1.29 is 4.52 Å². The van der Waals surface area contributed by atoms with Gasteiger partial charge < -0.3 is 4.52 Å². The molecule has 0 spiro atoms. The van der Waals surface area contributed by atoms with Gasteiger partial charge in [0.2, 0.25) is 11.7 Å². The number of benzene rings is 1. The molecule has 6 heteroatoms. The van der Waals surface area contributed by atoms with Gasteiger partial charge in [0.1, 0.15) is 0 Å². The van der Waals surface area contributed by atoms with Crippen LogP contribution in [0.2, 0.25) is 0 Å². The first kappa shape index (κ1) is 13.1. The topological polar surface area (TPSA) is 62.7 Å². The fraction of sp³-hybridized carbons (Fsp3) is 0.250. The van der Waals surface area contributed by atoms with Gasteiger partial charge in [-0.1, -0.05) is 33.2 Å². The summed E-state index contributed by atoms with van der Waals surface area (Å²) in [6, 6.07) is 7.98. The molecule has 2 aromatic rings. The Kier molecular flexibility index (Phi) is 4.39. The van der Waals surface area contributed by atoms with Crippen LogP contribution >= 0.6 is 27.7 Å². The molecule has 0 fully saturated rings. The number of aryl methyl sites for hydroxylation is 1. The van der Waals surface area contributed by atoms with E-state index < -0.39 is 0 Å². The number of nitrogens with zero attached hydrogens (tertiary/aromatic N) is 3. The van der Waals surface area contributed by atoms with Gasteiger partial charge in [-0.2, -0.15) is 10.2 Å². The SMILES string of the molecule is Cc1ccc(-c2noc(CSCC#N)n2)cc1Br. The van der Waals surface area contributed by atoms with Crippen molar-refractivity contribution in [1.29, 1.82) is 5.26 Å². The second kappa shape index (κ2) is 6.03. The van der Waals surface area contributed by atoms with Crippen LogP contribution in [0, 0.1) is 18.3 Å². The van der Waals surface area contributed by atoms with Gasteiger partial charge in [-0.05, 0) is 18.6 Å². The van der Waals surface area contributed by atoms with Crippen LogP contribution < -0.4 is 0 Å². The molecule has 0 radical (unpaired) electrons. The molecule has 0 N–H and O–H groups in total. The molecule has 4 nitrogen and oxygen atoms in total. The summed E-state index contributed by atoms with van der Waals surface area (Å²) in [5.74, 6) is 2.10. The second-order valence-corrected chi connectivity index (χ2v) is 5.47. The predicted octanol–water partition coefficient (Wildman–Crippen LogP) is 3.56. The van der Waals surface area contributed by atoms with Gasteiger partial charge in [0.25, 0.3) is 0 Å². The average Bonchev–Trinajstić information content (AvgIpc) is 2.82. The summed E-state index contributed by atoms with van der Waals surface area (Å²) >= 11 is 4.93. The lowest BCUT2D eigenvalue weighted by molar-refractivity contribution is 0.391. The van der Waals surface area contributed by atoms with Crippen LogP contribution in [0.15, 0.2) is 27.2 Å². The van der Waals surface area contributed by atoms with E-state index in [2.05, 4.69) is 32.1 Å². The Morgan fingerprint density at radius 2 is 2.33 bits per heavy atom. The average molecular weight is 324 g/mol. The Hall–Kier alpha value is -1.32. The summed E-state index contributed by atoms with van der Waals surface area (Å²) in [5.41, 5.74) is 2.07. The molecular formula is C12H10BrN3OS. The maximum absolute atomic E-state index is 8.44. The normalized spacial score (nSPS) is 10.3. The standard InChI is InChI=1S/C12H10BrN3OS/c1-8-2-3-9(6-10(8)13)12-15-11(17-16-12)7-18-5-4-14/h2-3,6H,5,7H2,1H3. The Bertz CT molecular complexity index is 591. The molecular weight excluding hydrogens is 314 g/mol. The lowest BCUT2D eigenvalue weighted by Gasteiger charge is -1.99. The summed E-state index contributed by atoms with van der Waals surface area (Å²) in [4.78, 5) is 4.29. The molecule has 0 saturated heterocycles. The number of hydrogen-bond donors (Lipinski definition) is 0. The van der Waals surface area contributed by atoms with Gasteiger partial charge in [0.15, 0.2) is 0 Å². The van der Waals surface area contributed by atoms with E-state index in [1.54, 1.807) is 0 Å². The molecule has 0 saturated carbocycles. The zero-order chi connectivity index (χ0) is 13.0. The zero-order valence-electron chi connectivity index (χ0n) is 9.68. The van der Waals surface area contributed by atoms with E-state index in [1.807, 2.05) is 25.1 Å². The first-order chi connectivity index (χ1) is 8.70. The Morgan fingerprint density at radius 1 is 1.50 bits per heavy atom. The van der Waals surface area contributed by atoms with E-state index in [4.69, 9.17) is 9.78 Å². The van der Waals surface area contributed by atoms with Crippen molar-refractivity contribution in [2.24, 2.45) is 0 Å². The third kappa shape index (κ3) is 3.12. The highest BCUT2D eigenvalue weighted by atomic mass is 79.9. The van der Waals surface area contributed by atoms with Gasteiger partial charge in [-0.15, -0.1) is 11.8 Å². The molecule has 0 aliphatic heterocycles. The van der Waals surface area contributed by atoms with E-state index in [0.717, 1.165) is 15.6 Å². The highest BCUT2D eigenvalue weighted by Gasteiger charge is 2.09. The Morgan fingerprint density at radius 3 is 3.06 bits per heavy atom. The fourth-order valence-electron chi connectivity index (χ4n) is 1.35. The number of halogens is 1. The van der Waals surface area contributed by atoms with Crippen molar-refractivity contribution in [2.75, 3.05) is 5.75 Å². The first-order valence-electron chi connectivity index (χ1n) is 5.24. The van der Waals surface area contributed by atoms with E-state index >= 15 is 0 Å². The highest BCUT2D eigenvalue weighted by Crippen LogP contribution is 2.24. The monoisotopic (exact) mass is 323 g/mol. The lowest BCUT2D eigenvalue weighted by Crippen LogP contribution is -1.84. The maximum Gasteiger partial charge on any atom is 0.236 e. The van der Waals surface area contributed by atoms with Crippen LogP contribution in [0.5, 0.6) is 0 Å². The summed E-state index contributed by atoms with van der Waals surface area (Å²) in [6.07, 6.45) is 0.